The monoisotopic (exact) mass is 414 g/mol. The Labute approximate surface area is 143 Å². The highest BCUT2D eigenvalue weighted by Crippen LogP contribution is 2.27. The summed E-state index contributed by atoms with van der Waals surface area (Å²) in [6, 6.07) is 11.4. The quantitative estimate of drug-likeness (QED) is 0.739. The number of hydrogen-bond acceptors (Lipinski definition) is 2. The van der Waals surface area contributed by atoms with Crippen LogP contribution in [0.25, 0.3) is 0 Å². The number of halogens is 2. The van der Waals surface area contributed by atoms with Gasteiger partial charge in [0, 0.05) is 28.4 Å². The van der Waals surface area contributed by atoms with E-state index in [1.807, 2.05) is 25.1 Å². The number of nitrogens with zero attached hydrogens (tertiary/aromatic N) is 1. The third-order valence-electron chi connectivity index (χ3n) is 3.08. The summed E-state index contributed by atoms with van der Waals surface area (Å²) in [5, 5.41) is 3.87. The van der Waals surface area contributed by atoms with Crippen LogP contribution in [0, 0.1) is 10.5 Å². The van der Waals surface area contributed by atoms with Gasteiger partial charge in [0.25, 0.3) is 5.91 Å². The summed E-state index contributed by atoms with van der Waals surface area (Å²) >= 11 is 8.30. The SMILES string of the molecule is Cc1cc(I)ccc1Nc1ccc(Cl)cc1C(=O)N(C)C. The molecule has 0 radical (unpaired) electrons. The van der Waals surface area contributed by atoms with Gasteiger partial charge in [0.15, 0.2) is 0 Å². The predicted molar refractivity (Wildman–Crippen MR) is 96.6 cm³/mol. The number of carbonyl (C=O) groups excluding carboxylic acids is 1. The van der Waals surface area contributed by atoms with Crippen LogP contribution < -0.4 is 5.32 Å². The molecule has 2 aromatic carbocycles. The Balaban J connectivity index is 2.42. The van der Waals surface area contributed by atoms with Crippen molar-refractivity contribution >= 4 is 51.5 Å². The van der Waals surface area contributed by atoms with Crippen molar-refractivity contribution in [3.8, 4) is 0 Å². The molecular weight excluding hydrogens is 399 g/mol. The van der Waals surface area contributed by atoms with Crippen LogP contribution in [0.5, 0.6) is 0 Å². The van der Waals surface area contributed by atoms with Crippen LogP contribution in [0.3, 0.4) is 0 Å². The normalized spacial score (nSPS) is 10.3. The number of carbonyl (C=O) groups is 1. The Hall–Kier alpha value is -1.27. The third-order valence-corrected chi connectivity index (χ3v) is 3.98. The molecule has 0 aromatic heterocycles. The summed E-state index contributed by atoms with van der Waals surface area (Å²) in [6.45, 7) is 2.04. The van der Waals surface area contributed by atoms with E-state index < -0.39 is 0 Å². The van der Waals surface area contributed by atoms with Crippen molar-refractivity contribution in [3.63, 3.8) is 0 Å². The number of aryl methyl sites for hydroxylation is 1. The summed E-state index contributed by atoms with van der Waals surface area (Å²) in [4.78, 5) is 13.8. The lowest BCUT2D eigenvalue weighted by atomic mass is 10.1. The van der Waals surface area contributed by atoms with E-state index in [-0.39, 0.29) is 5.91 Å². The Bertz CT molecular complexity index is 686. The minimum Gasteiger partial charge on any atom is -0.355 e. The highest BCUT2D eigenvalue weighted by Gasteiger charge is 2.14. The number of rotatable bonds is 3. The number of nitrogens with one attached hydrogen (secondary N) is 1. The first-order valence-corrected chi connectivity index (χ1v) is 7.88. The molecule has 5 heteroatoms. The van der Waals surface area contributed by atoms with Gasteiger partial charge in [0.1, 0.15) is 0 Å². The third kappa shape index (κ3) is 3.89. The lowest BCUT2D eigenvalue weighted by Crippen LogP contribution is -2.22. The molecule has 0 bridgehead atoms. The lowest BCUT2D eigenvalue weighted by Gasteiger charge is -2.17. The van der Waals surface area contributed by atoms with Crippen molar-refractivity contribution in [2.24, 2.45) is 0 Å². The van der Waals surface area contributed by atoms with Crippen molar-refractivity contribution in [2.75, 3.05) is 19.4 Å². The van der Waals surface area contributed by atoms with Crippen molar-refractivity contribution < 1.29 is 4.79 Å². The summed E-state index contributed by atoms with van der Waals surface area (Å²) in [6.07, 6.45) is 0. The van der Waals surface area contributed by atoms with Gasteiger partial charge in [-0.1, -0.05) is 11.6 Å². The summed E-state index contributed by atoms with van der Waals surface area (Å²) in [7, 11) is 3.45. The van der Waals surface area contributed by atoms with Gasteiger partial charge in [-0.25, -0.2) is 0 Å². The van der Waals surface area contributed by atoms with Gasteiger partial charge in [-0.05, 0) is 71.5 Å². The average molecular weight is 415 g/mol. The zero-order chi connectivity index (χ0) is 15.6. The van der Waals surface area contributed by atoms with Gasteiger partial charge < -0.3 is 10.2 Å². The van der Waals surface area contributed by atoms with E-state index in [4.69, 9.17) is 11.6 Å². The van der Waals surface area contributed by atoms with Crippen molar-refractivity contribution in [1.29, 1.82) is 0 Å². The molecule has 0 heterocycles. The van der Waals surface area contributed by atoms with Gasteiger partial charge in [-0.15, -0.1) is 0 Å². The molecule has 0 saturated carbocycles. The summed E-state index contributed by atoms with van der Waals surface area (Å²) in [5.41, 5.74) is 3.42. The first-order valence-electron chi connectivity index (χ1n) is 6.43. The maximum atomic E-state index is 12.3. The van der Waals surface area contributed by atoms with Gasteiger partial charge in [-0.3, -0.25) is 4.79 Å². The molecular formula is C16H16ClIN2O. The zero-order valence-corrected chi connectivity index (χ0v) is 15.0. The molecule has 1 N–H and O–H groups in total. The Kier molecular flexibility index (Phi) is 5.11. The molecule has 0 atom stereocenters. The van der Waals surface area contributed by atoms with E-state index in [1.165, 1.54) is 8.47 Å². The molecule has 1 amide bonds. The van der Waals surface area contributed by atoms with Crippen LogP contribution in [-0.4, -0.2) is 24.9 Å². The molecule has 2 rings (SSSR count). The Morgan fingerprint density at radius 1 is 1.14 bits per heavy atom. The zero-order valence-electron chi connectivity index (χ0n) is 12.1. The second kappa shape index (κ2) is 6.66. The molecule has 0 fully saturated rings. The van der Waals surface area contributed by atoms with Crippen molar-refractivity contribution in [1.82, 2.24) is 4.90 Å². The van der Waals surface area contributed by atoms with Crippen molar-refractivity contribution in [3.05, 3.63) is 56.1 Å². The van der Waals surface area contributed by atoms with Crippen LogP contribution in [0.15, 0.2) is 36.4 Å². The Morgan fingerprint density at radius 2 is 1.81 bits per heavy atom. The van der Waals surface area contributed by atoms with Crippen LogP contribution in [0.2, 0.25) is 5.02 Å². The minimum atomic E-state index is -0.0804. The molecule has 0 aliphatic heterocycles. The summed E-state index contributed by atoms with van der Waals surface area (Å²) < 4.78 is 1.18. The van der Waals surface area contributed by atoms with E-state index in [2.05, 4.69) is 34.0 Å². The second-order valence-electron chi connectivity index (χ2n) is 4.97. The molecule has 110 valence electrons. The summed E-state index contributed by atoms with van der Waals surface area (Å²) in [5.74, 6) is -0.0804. The van der Waals surface area contributed by atoms with Crippen molar-refractivity contribution in [2.45, 2.75) is 6.92 Å². The van der Waals surface area contributed by atoms with Crippen LogP contribution in [0.1, 0.15) is 15.9 Å². The molecule has 21 heavy (non-hydrogen) atoms. The molecule has 3 nitrogen and oxygen atoms in total. The van der Waals surface area contributed by atoms with E-state index in [0.29, 0.717) is 10.6 Å². The van der Waals surface area contributed by atoms with Crippen LogP contribution in [-0.2, 0) is 0 Å². The fourth-order valence-electron chi connectivity index (χ4n) is 1.96. The highest BCUT2D eigenvalue weighted by atomic mass is 127. The number of anilines is 2. The van der Waals surface area contributed by atoms with E-state index in [0.717, 1.165) is 16.9 Å². The molecule has 0 aliphatic carbocycles. The van der Waals surface area contributed by atoms with Gasteiger partial charge in [0.2, 0.25) is 0 Å². The smallest absolute Gasteiger partial charge is 0.255 e. The highest BCUT2D eigenvalue weighted by molar-refractivity contribution is 14.1. The van der Waals surface area contributed by atoms with E-state index in [9.17, 15) is 4.79 Å². The number of hydrogen-bond donors (Lipinski definition) is 1. The fourth-order valence-corrected chi connectivity index (χ4v) is 2.77. The maximum absolute atomic E-state index is 12.3. The first-order chi connectivity index (χ1) is 9.88. The van der Waals surface area contributed by atoms with Gasteiger partial charge in [0.05, 0.1) is 11.3 Å². The topological polar surface area (TPSA) is 32.3 Å². The number of amides is 1. The molecule has 0 aliphatic rings. The van der Waals surface area contributed by atoms with E-state index in [1.54, 1.807) is 26.2 Å². The number of benzene rings is 2. The second-order valence-corrected chi connectivity index (χ2v) is 6.66. The lowest BCUT2D eigenvalue weighted by molar-refractivity contribution is 0.0828. The van der Waals surface area contributed by atoms with Crippen LogP contribution in [0.4, 0.5) is 11.4 Å². The maximum Gasteiger partial charge on any atom is 0.255 e. The van der Waals surface area contributed by atoms with Gasteiger partial charge >= 0.3 is 0 Å². The van der Waals surface area contributed by atoms with Crippen LogP contribution >= 0.6 is 34.2 Å². The molecule has 2 aromatic rings. The largest absolute Gasteiger partial charge is 0.355 e. The molecule has 0 unspecified atom stereocenters. The minimum absolute atomic E-state index is 0.0804. The van der Waals surface area contributed by atoms with E-state index >= 15 is 0 Å². The standard InChI is InChI=1S/C16H16ClIN2O/c1-10-8-12(18)5-7-14(10)19-15-6-4-11(17)9-13(15)16(21)20(2)3/h4-9,19H,1-3H3. The molecule has 0 spiro atoms. The Morgan fingerprint density at radius 3 is 2.43 bits per heavy atom. The first kappa shape index (κ1) is 16.1. The average Bonchev–Trinajstić information content (AvgIpc) is 2.42. The predicted octanol–water partition coefficient (Wildman–Crippen LogP) is 4.70. The molecule has 0 saturated heterocycles. The fraction of sp³-hybridized carbons (Fsp3) is 0.188. The van der Waals surface area contributed by atoms with Gasteiger partial charge in [-0.2, -0.15) is 0 Å².